The third-order valence-electron chi connectivity index (χ3n) is 5.31. The van der Waals surface area contributed by atoms with E-state index in [-0.39, 0.29) is 17.5 Å². The van der Waals surface area contributed by atoms with E-state index in [0.717, 1.165) is 35.1 Å². The second-order valence-electron chi connectivity index (χ2n) is 7.28. The highest BCUT2D eigenvalue weighted by Crippen LogP contribution is 2.34. The predicted molar refractivity (Wildman–Crippen MR) is 108 cm³/mol. The van der Waals surface area contributed by atoms with Crippen LogP contribution in [0.2, 0.25) is 0 Å². The van der Waals surface area contributed by atoms with Crippen molar-refractivity contribution < 1.29 is 13.2 Å². The summed E-state index contributed by atoms with van der Waals surface area (Å²) in [4.78, 5) is 0. The normalized spacial score (nSPS) is 13.2. The van der Waals surface area contributed by atoms with Crippen LogP contribution < -0.4 is 0 Å². The SMILES string of the molecule is CCCc1ccc(C2=CCc3cc(-c4ccc(F)cc4)c(F)cc3C2)c(F)c1. The fourth-order valence-electron chi connectivity index (χ4n) is 3.84. The summed E-state index contributed by atoms with van der Waals surface area (Å²) in [6.45, 7) is 2.07. The van der Waals surface area contributed by atoms with Crippen molar-refractivity contribution in [2.75, 3.05) is 0 Å². The predicted octanol–water partition coefficient (Wildman–Crippen LogP) is 6.91. The van der Waals surface area contributed by atoms with E-state index in [1.165, 1.54) is 18.2 Å². The third-order valence-corrected chi connectivity index (χ3v) is 5.31. The Morgan fingerprint density at radius 1 is 0.786 bits per heavy atom. The molecule has 0 saturated carbocycles. The van der Waals surface area contributed by atoms with Crippen LogP contribution in [0.4, 0.5) is 13.2 Å². The summed E-state index contributed by atoms with van der Waals surface area (Å²) in [5.41, 5.74) is 5.48. The van der Waals surface area contributed by atoms with Crippen LogP contribution in [0.3, 0.4) is 0 Å². The second-order valence-corrected chi connectivity index (χ2v) is 7.28. The Hall–Kier alpha value is -2.81. The molecule has 0 heterocycles. The summed E-state index contributed by atoms with van der Waals surface area (Å²) in [7, 11) is 0. The maximum atomic E-state index is 14.7. The van der Waals surface area contributed by atoms with Crippen LogP contribution in [-0.2, 0) is 19.3 Å². The lowest BCUT2D eigenvalue weighted by Gasteiger charge is -2.20. The molecule has 3 aromatic carbocycles. The van der Waals surface area contributed by atoms with Gasteiger partial charge in [0.05, 0.1) is 0 Å². The molecule has 1 aliphatic carbocycles. The van der Waals surface area contributed by atoms with Crippen LogP contribution in [-0.4, -0.2) is 0 Å². The molecule has 0 spiro atoms. The zero-order chi connectivity index (χ0) is 19.7. The molecular formula is C25H21F3. The quantitative estimate of drug-likeness (QED) is 0.463. The van der Waals surface area contributed by atoms with Gasteiger partial charge < -0.3 is 0 Å². The summed E-state index contributed by atoms with van der Waals surface area (Å²) >= 11 is 0. The van der Waals surface area contributed by atoms with Crippen molar-refractivity contribution in [1.29, 1.82) is 0 Å². The Morgan fingerprint density at radius 3 is 2.25 bits per heavy atom. The molecule has 0 unspecified atom stereocenters. The van der Waals surface area contributed by atoms with Gasteiger partial charge in [-0.1, -0.05) is 43.7 Å². The zero-order valence-corrected chi connectivity index (χ0v) is 15.7. The van der Waals surface area contributed by atoms with Gasteiger partial charge in [-0.25, -0.2) is 13.2 Å². The number of benzene rings is 3. The molecule has 1 aliphatic rings. The maximum Gasteiger partial charge on any atom is 0.131 e. The number of fused-ring (bicyclic) bond motifs is 1. The van der Waals surface area contributed by atoms with Gasteiger partial charge in [-0.15, -0.1) is 0 Å². The van der Waals surface area contributed by atoms with Crippen molar-refractivity contribution in [3.8, 4) is 11.1 Å². The van der Waals surface area contributed by atoms with Crippen LogP contribution in [0.5, 0.6) is 0 Å². The van der Waals surface area contributed by atoms with E-state index in [9.17, 15) is 13.2 Å². The fourth-order valence-corrected chi connectivity index (χ4v) is 3.84. The highest BCUT2D eigenvalue weighted by atomic mass is 19.1. The molecule has 0 fully saturated rings. The van der Waals surface area contributed by atoms with Crippen molar-refractivity contribution in [2.45, 2.75) is 32.6 Å². The van der Waals surface area contributed by atoms with Crippen LogP contribution in [0.1, 0.15) is 35.6 Å². The molecule has 0 bridgehead atoms. The lowest BCUT2D eigenvalue weighted by Crippen LogP contribution is -2.06. The summed E-state index contributed by atoms with van der Waals surface area (Å²) < 4.78 is 42.5. The lowest BCUT2D eigenvalue weighted by atomic mass is 9.85. The molecule has 0 nitrogen and oxygen atoms in total. The van der Waals surface area contributed by atoms with E-state index in [1.807, 2.05) is 24.3 Å². The van der Waals surface area contributed by atoms with E-state index in [0.29, 0.717) is 29.5 Å². The van der Waals surface area contributed by atoms with Crippen LogP contribution in [0, 0.1) is 17.5 Å². The van der Waals surface area contributed by atoms with Gasteiger partial charge in [0.15, 0.2) is 0 Å². The molecule has 0 saturated heterocycles. The maximum absolute atomic E-state index is 14.7. The van der Waals surface area contributed by atoms with Crippen molar-refractivity contribution in [2.24, 2.45) is 0 Å². The number of rotatable bonds is 4. The van der Waals surface area contributed by atoms with Gasteiger partial charge in [-0.05, 0) is 77.4 Å². The molecule has 3 aromatic rings. The first-order valence-electron chi connectivity index (χ1n) is 9.60. The molecule has 0 N–H and O–H groups in total. The Bertz CT molecular complexity index is 1050. The average Bonchev–Trinajstić information content (AvgIpc) is 2.68. The third kappa shape index (κ3) is 3.62. The highest BCUT2D eigenvalue weighted by Gasteiger charge is 2.18. The smallest absolute Gasteiger partial charge is 0.131 e. The summed E-state index contributed by atoms with van der Waals surface area (Å²) in [5.74, 6) is -0.906. The molecule has 142 valence electrons. The monoisotopic (exact) mass is 378 g/mol. The van der Waals surface area contributed by atoms with Gasteiger partial charge in [0.25, 0.3) is 0 Å². The average molecular weight is 378 g/mol. The Morgan fingerprint density at radius 2 is 1.54 bits per heavy atom. The van der Waals surface area contributed by atoms with Gasteiger partial charge in [-0.3, -0.25) is 0 Å². The first-order chi connectivity index (χ1) is 13.5. The summed E-state index contributed by atoms with van der Waals surface area (Å²) in [5, 5.41) is 0. The molecule has 0 aromatic heterocycles. The highest BCUT2D eigenvalue weighted by molar-refractivity contribution is 5.73. The number of aryl methyl sites for hydroxylation is 1. The van der Waals surface area contributed by atoms with Crippen LogP contribution >= 0.6 is 0 Å². The van der Waals surface area contributed by atoms with E-state index >= 15 is 0 Å². The van der Waals surface area contributed by atoms with Crippen LogP contribution in [0.15, 0.2) is 60.7 Å². The van der Waals surface area contributed by atoms with E-state index in [2.05, 4.69) is 6.92 Å². The number of allylic oxidation sites excluding steroid dienone is 2. The molecule has 28 heavy (non-hydrogen) atoms. The fraction of sp³-hybridized carbons (Fsp3) is 0.200. The largest absolute Gasteiger partial charge is 0.207 e. The van der Waals surface area contributed by atoms with Crippen molar-refractivity contribution in [1.82, 2.24) is 0 Å². The van der Waals surface area contributed by atoms with E-state index < -0.39 is 0 Å². The molecule has 0 radical (unpaired) electrons. The Labute approximate surface area is 163 Å². The summed E-state index contributed by atoms with van der Waals surface area (Å²) in [6.07, 6.45) is 4.98. The van der Waals surface area contributed by atoms with Crippen molar-refractivity contribution in [3.05, 3.63) is 100 Å². The minimum atomic E-state index is -0.346. The molecule has 0 amide bonds. The summed E-state index contributed by atoms with van der Waals surface area (Å²) in [6, 6.07) is 14.6. The van der Waals surface area contributed by atoms with E-state index in [1.54, 1.807) is 18.2 Å². The molecule has 0 aliphatic heterocycles. The first-order valence-corrected chi connectivity index (χ1v) is 9.60. The molecule has 0 atom stereocenters. The van der Waals surface area contributed by atoms with Gasteiger partial charge in [0.1, 0.15) is 17.5 Å². The lowest BCUT2D eigenvalue weighted by molar-refractivity contribution is 0.619. The number of halogens is 3. The second kappa shape index (κ2) is 7.67. The standard InChI is InChI=1S/C25H21F3/c1-2-3-16-4-11-22(24(27)12-16)19-6-5-18-14-23(25(28)15-20(18)13-19)17-7-9-21(26)10-8-17/h4,6-12,14-15H,2-3,5,13H2,1H3. The van der Waals surface area contributed by atoms with Crippen molar-refractivity contribution >= 4 is 5.57 Å². The van der Waals surface area contributed by atoms with Crippen molar-refractivity contribution in [3.63, 3.8) is 0 Å². The van der Waals surface area contributed by atoms with Crippen LogP contribution in [0.25, 0.3) is 16.7 Å². The first kappa shape index (κ1) is 18.5. The minimum Gasteiger partial charge on any atom is -0.207 e. The Balaban J connectivity index is 1.64. The molecule has 3 heteroatoms. The minimum absolute atomic E-state index is 0.218. The van der Waals surface area contributed by atoms with Gasteiger partial charge in [0.2, 0.25) is 0 Å². The zero-order valence-electron chi connectivity index (χ0n) is 15.7. The molecule has 4 rings (SSSR count). The van der Waals surface area contributed by atoms with Gasteiger partial charge >= 0.3 is 0 Å². The van der Waals surface area contributed by atoms with Gasteiger partial charge in [-0.2, -0.15) is 0 Å². The molecular weight excluding hydrogens is 357 g/mol. The number of hydrogen-bond acceptors (Lipinski definition) is 0. The Kier molecular flexibility index (Phi) is 5.08. The topological polar surface area (TPSA) is 0 Å². The van der Waals surface area contributed by atoms with E-state index in [4.69, 9.17) is 0 Å². The number of hydrogen-bond donors (Lipinski definition) is 0. The van der Waals surface area contributed by atoms with Gasteiger partial charge in [0, 0.05) is 11.1 Å².